The van der Waals surface area contributed by atoms with E-state index in [1.807, 2.05) is 0 Å². The Morgan fingerprint density at radius 2 is 1.74 bits per heavy atom. The van der Waals surface area contributed by atoms with Crippen molar-refractivity contribution in [3.8, 4) is 0 Å². The first-order valence-electron chi connectivity index (χ1n) is 6.25. The number of nitrogens with zero attached hydrogens (tertiary/aromatic N) is 2. The number of aldehydes is 1. The molecule has 2 atom stereocenters. The smallest absolute Gasteiger partial charge is 0.308 e. The zero-order valence-corrected chi connectivity index (χ0v) is 10.4. The summed E-state index contributed by atoms with van der Waals surface area (Å²) in [6.07, 6.45) is 1.04. The maximum absolute atomic E-state index is 11.6. The van der Waals surface area contributed by atoms with Crippen LogP contribution in [-0.4, -0.2) is 65.2 Å². The third-order valence-electron chi connectivity index (χ3n) is 3.64. The summed E-state index contributed by atoms with van der Waals surface area (Å²) in [7, 11) is 0. The van der Waals surface area contributed by atoms with Crippen LogP contribution in [0.3, 0.4) is 0 Å². The number of hydrogen-bond acceptors (Lipinski definition) is 4. The summed E-state index contributed by atoms with van der Waals surface area (Å²) in [6.45, 7) is 1.29. The van der Waals surface area contributed by atoms with E-state index >= 15 is 0 Å². The lowest BCUT2D eigenvalue weighted by Gasteiger charge is -2.21. The van der Waals surface area contributed by atoms with Crippen molar-refractivity contribution in [3.05, 3.63) is 0 Å². The quantitative estimate of drug-likeness (QED) is 0.643. The maximum Gasteiger partial charge on any atom is 0.308 e. The first-order valence-corrected chi connectivity index (χ1v) is 6.25. The largest absolute Gasteiger partial charge is 0.481 e. The molecule has 19 heavy (non-hydrogen) atoms. The van der Waals surface area contributed by atoms with Crippen LogP contribution in [0.25, 0.3) is 0 Å². The molecule has 0 spiro atoms. The zero-order valence-electron chi connectivity index (χ0n) is 10.4. The van der Waals surface area contributed by atoms with Crippen LogP contribution in [0.1, 0.15) is 12.8 Å². The van der Waals surface area contributed by atoms with E-state index in [1.54, 1.807) is 4.90 Å². The highest BCUT2D eigenvalue weighted by Gasteiger charge is 2.35. The molecule has 0 radical (unpaired) electrons. The van der Waals surface area contributed by atoms with Crippen molar-refractivity contribution in [2.45, 2.75) is 12.8 Å². The summed E-state index contributed by atoms with van der Waals surface area (Å²) < 4.78 is 0. The van der Waals surface area contributed by atoms with Gasteiger partial charge in [0, 0.05) is 44.9 Å². The molecule has 0 aromatic rings. The number of carbonyl (C=O) groups excluding carboxylic acids is 3. The third-order valence-corrected chi connectivity index (χ3v) is 3.64. The van der Waals surface area contributed by atoms with Crippen LogP contribution in [0, 0.1) is 11.8 Å². The van der Waals surface area contributed by atoms with Crippen molar-refractivity contribution in [2.24, 2.45) is 11.8 Å². The minimum atomic E-state index is -0.964. The summed E-state index contributed by atoms with van der Waals surface area (Å²) >= 11 is 0. The highest BCUT2D eigenvalue weighted by atomic mass is 16.4. The van der Waals surface area contributed by atoms with Crippen LogP contribution in [0.4, 0.5) is 0 Å². The Labute approximate surface area is 110 Å². The average molecular weight is 268 g/mol. The maximum atomic E-state index is 11.6. The van der Waals surface area contributed by atoms with Gasteiger partial charge in [0.1, 0.15) is 6.29 Å². The molecular weight excluding hydrogens is 252 g/mol. The summed E-state index contributed by atoms with van der Waals surface area (Å²) in [4.78, 5) is 47.6. The van der Waals surface area contributed by atoms with Crippen molar-refractivity contribution in [1.29, 1.82) is 0 Å². The fraction of sp³-hybridized carbons (Fsp3) is 0.667. The number of hydrogen-bond donors (Lipinski definition) is 1. The fourth-order valence-electron chi connectivity index (χ4n) is 2.51. The number of likely N-dealkylation sites (tertiary alicyclic amines) is 2. The molecule has 0 aliphatic carbocycles. The van der Waals surface area contributed by atoms with Gasteiger partial charge in [-0.15, -0.1) is 0 Å². The highest BCUT2D eigenvalue weighted by molar-refractivity contribution is 5.86. The van der Waals surface area contributed by atoms with Crippen LogP contribution in [0.2, 0.25) is 0 Å². The van der Waals surface area contributed by atoms with Gasteiger partial charge in [0.05, 0.1) is 5.92 Å². The molecule has 0 saturated carbocycles. The van der Waals surface area contributed by atoms with Gasteiger partial charge in [-0.25, -0.2) is 0 Å². The molecule has 2 aliphatic rings. The summed E-state index contributed by atoms with van der Waals surface area (Å²) in [5.74, 6) is -2.14. The summed E-state index contributed by atoms with van der Waals surface area (Å²) in [5, 5.41) is 8.85. The Balaban J connectivity index is 1.83. The molecule has 2 fully saturated rings. The molecule has 2 rings (SSSR count). The average Bonchev–Trinajstić information content (AvgIpc) is 2.90. The molecule has 104 valence electrons. The second kappa shape index (κ2) is 5.38. The SMILES string of the molecule is O=CC1CC(=O)N(CCN2CC(C(=O)O)CC2=O)C1. The summed E-state index contributed by atoms with van der Waals surface area (Å²) in [6, 6.07) is 0. The minimum absolute atomic E-state index is 0.0280. The van der Waals surface area contributed by atoms with Crippen molar-refractivity contribution in [1.82, 2.24) is 9.80 Å². The van der Waals surface area contributed by atoms with Gasteiger partial charge in [-0.2, -0.15) is 0 Å². The molecule has 2 unspecified atom stereocenters. The second-order valence-corrected chi connectivity index (χ2v) is 5.02. The van der Waals surface area contributed by atoms with Crippen LogP contribution in [0.5, 0.6) is 0 Å². The monoisotopic (exact) mass is 268 g/mol. The first kappa shape index (κ1) is 13.5. The van der Waals surface area contributed by atoms with E-state index in [0.717, 1.165) is 6.29 Å². The van der Waals surface area contributed by atoms with Gasteiger partial charge in [-0.1, -0.05) is 0 Å². The highest BCUT2D eigenvalue weighted by Crippen LogP contribution is 2.19. The lowest BCUT2D eigenvalue weighted by molar-refractivity contribution is -0.141. The lowest BCUT2D eigenvalue weighted by atomic mass is 10.1. The molecule has 0 bridgehead atoms. The third kappa shape index (κ3) is 2.91. The van der Waals surface area contributed by atoms with Crippen molar-refractivity contribution in [3.63, 3.8) is 0 Å². The second-order valence-electron chi connectivity index (χ2n) is 5.02. The van der Waals surface area contributed by atoms with E-state index in [1.165, 1.54) is 4.90 Å². The van der Waals surface area contributed by atoms with Gasteiger partial charge in [0.2, 0.25) is 11.8 Å². The van der Waals surface area contributed by atoms with Crippen LogP contribution in [0.15, 0.2) is 0 Å². The zero-order chi connectivity index (χ0) is 14.0. The predicted molar refractivity (Wildman–Crippen MR) is 63.1 cm³/mol. The Morgan fingerprint density at radius 3 is 2.21 bits per heavy atom. The van der Waals surface area contributed by atoms with E-state index in [2.05, 4.69) is 0 Å². The van der Waals surface area contributed by atoms with Crippen molar-refractivity contribution >= 4 is 24.1 Å². The minimum Gasteiger partial charge on any atom is -0.481 e. The topological polar surface area (TPSA) is 95.0 Å². The molecule has 2 saturated heterocycles. The number of rotatable bonds is 5. The van der Waals surface area contributed by atoms with Crippen LogP contribution < -0.4 is 0 Å². The van der Waals surface area contributed by atoms with E-state index in [-0.39, 0.29) is 37.1 Å². The van der Waals surface area contributed by atoms with Gasteiger partial charge in [-0.3, -0.25) is 14.4 Å². The van der Waals surface area contributed by atoms with Gasteiger partial charge >= 0.3 is 5.97 Å². The van der Waals surface area contributed by atoms with E-state index in [4.69, 9.17) is 5.11 Å². The fourth-order valence-corrected chi connectivity index (χ4v) is 2.51. The van der Waals surface area contributed by atoms with Gasteiger partial charge < -0.3 is 19.7 Å². The number of carboxylic acid groups (broad SMARTS) is 1. The van der Waals surface area contributed by atoms with Gasteiger partial charge in [0.25, 0.3) is 0 Å². The molecule has 7 heteroatoms. The first-order chi connectivity index (χ1) is 9.01. The molecule has 0 aromatic heterocycles. The van der Waals surface area contributed by atoms with Crippen LogP contribution in [-0.2, 0) is 19.2 Å². The standard InChI is InChI=1S/C12H16N2O5/c15-7-8-3-10(16)13(5-8)1-2-14-6-9(12(18)19)4-11(14)17/h7-9H,1-6H2,(H,18,19). The molecule has 1 N–H and O–H groups in total. The van der Waals surface area contributed by atoms with Crippen molar-refractivity contribution < 1.29 is 24.3 Å². The molecule has 0 aromatic carbocycles. The Hall–Kier alpha value is -1.92. The molecule has 2 aliphatic heterocycles. The van der Waals surface area contributed by atoms with Gasteiger partial charge in [0.15, 0.2) is 0 Å². The number of carbonyl (C=O) groups is 4. The summed E-state index contributed by atoms with van der Waals surface area (Å²) in [5.41, 5.74) is 0. The number of amides is 2. The van der Waals surface area contributed by atoms with E-state index < -0.39 is 11.9 Å². The normalized spacial score (nSPS) is 27.2. The molecular formula is C12H16N2O5. The van der Waals surface area contributed by atoms with Crippen LogP contribution >= 0.6 is 0 Å². The van der Waals surface area contributed by atoms with E-state index in [9.17, 15) is 19.2 Å². The number of carboxylic acids is 1. The Bertz CT molecular complexity index is 422. The molecule has 7 nitrogen and oxygen atoms in total. The predicted octanol–water partition coefficient (Wildman–Crippen LogP) is -1.03. The lowest BCUT2D eigenvalue weighted by Crippen LogP contribution is -2.37. The molecule has 2 amide bonds. The Kier molecular flexibility index (Phi) is 3.82. The van der Waals surface area contributed by atoms with Gasteiger partial charge in [-0.05, 0) is 0 Å². The van der Waals surface area contributed by atoms with E-state index in [0.29, 0.717) is 19.6 Å². The Morgan fingerprint density at radius 1 is 1.16 bits per heavy atom. The number of aliphatic carboxylic acids is 1. The molecule has 2 heterocycles. The van der Waals surface area contributed by atoms with Crippen molar-refractivity contribution in [2.75, 3.05) is 26.2 Å².